The molecule has 2 unspecified atom stereocenters. The third kappa shape index (κ3) is 3.23. The quantitative estimate of drug-likeness (QED) is 0.618. The summed E-state index contributed by atoms with van der Waals surface area (Å²) in [6.07, 6.45) is 8.93. The highest BCUT2D eigenvalue weighted by Gasteiger charge is 2.57. The predicted molar refractivity (Wildman–Crippen MR) is 125 cm³/mol. The van der Waals surface area contributed by atoms with Gasteiger partial charge < -0.3 is 4.90 Å². The van der Waals surface area contributed by atoms with Gasteiger partial charge in [0.25, 0.3) is 0 Å². The number of anilines is 1. The van der Waals surface area contributed by atoms with E-state index < -0.39 is 0 Å². The second kappa shape index (κ2) is 7.46. The second-order valence-electron chi connectivity index (χ2n) is 10.8. The van der Waals surface area contributed by atoms with Crippen molar-refractivity contribution in [3.63, 3.8) is 0 Å². The fourth-order valence-electron chi connectivity index (χ4n) is 7.63. The van der Waals surface area contributed by atoms with Crippen LogP contribution in [0.25, 0.3) is 0 Å². The van der Waals surface area contributed by atoms with E-state index in [1.54, 1.807) is 5.57 Å². The van der Waals surface area contributed by atoms with Crippen molar-refractivity contribution >= 4 is 17.3 Å². The number of hydrogen-bond acceptors (Lipinski definition) is 3. The summed E-state index contributed by atoms with van der Waals surface area (Å²) in [5.74, 6) is 2.37. The van der Waals surface area contributed by atoms with Crippen LogP contribution in [0.15, 0.2) is 47.1 Å². The first-order valence-corrected chi connectivity index (χ1v) is 12.0. The van der Waals surface area contributed by atoms with E-state index in [9.17, 15) is 9.59 Å². The van der Waals surface area contributed by atoms with Gasteiger partial charge in [0.15, 0.2) is 5.78 Å². The van der Waals surface area contributed by atoms with Gasteiger partial charge in [-0.1, -0.05) is 24.6 Å². The van der Waals surface area contributed by atoms with Crippen LogP contribution in [-0.4, -0.2) is 25.7 Å². The molecule has 4 aliphatic rings. The Kier molecular flexibility index (Phi) is 4.99. The molecule has 1 aromatic rings. The molecule has 3 heteroatoms. The number of hydrogen-bond donors (Lipinski definition) is 0. The topological polar surface area (TPSA) is 37.4 Å². The zero-order valence-electron chi connectivity index (χ0n) is 19.4. The van der Waals surface area contributed by atoms with E-state index in [2.05, 4.69) is 50.2 Å². The Balaban J connectivity index is 1.65. The van der Waals surface area contributed by atoms with Crippen molar-refractivity contribution in [2.24, 2.45) is 23.2 Å². The van der Waals surface area contributed by atoms with Crippen LogP contribution in [0.1, 0.15) is 70.3 Å². The van der Waals surface area contributed by atoms with Gasteiger partial charge in [0.05, 0.1) is 0 Å². The summed E-state index contributed by atoms with van der Waals surface area (Å²) in [4.78, 5) is 26.9. The monoisotopic (exact) mass is 417 g/mol. The molecular formula is C28H35NO2. The van der Waals surface area contributed by atoms with Gasteiger partial charge in [-0.25, -0.2) is 0 Å². The Morgan fingerprint density at radius 1 is 1.03 bits per heavy atom. The third-order valence-corrected chi connectivity index (χ3v) is 9.03. The van der Waals surface area contributed by atoms with Crippen LogP contribution in [0.5, 0.6) is 0 Å². The van der Waals surface area contributed by atoms with Gasteiger partial charge in [0.1, 0.15) is 5.78 Å². The van der Waals surface area contributed by atoms with Crippen LogP contribution in [0.2, 0.25) is 0 Å². The van der Waals surface area contributed by atoms with Crippen LogP contribution < -0.4 is 4.90 Å². The van der Waals surface area contributed by atoms with Crippen molar-refractivity contribution < 1.29 is 9.59 Å². The molecule has 2 saturated carbocycles. The molecule has 5 rings (SSSR count). The molecule has 0 spiro atoms. The molecule has 164 valence electrons. The maximum atomic E-state index is 12.6. The van der Waals surface area contributed by atoms with Gasteiger partial charge in [-0.05, 0) is 97.6 Å². The number of rotatable bonds is 3. The van der Waals surface area contributed by atoms with Crippen LogP contribution in [-0.2, 0) is 9.59 Å². The van der Waals surface area contributed by atoms with Gasteiger partial charge in [-0.15, -0.1) is 0 Å². The highest BCUT2D eigenvalue weighted by atomic mass is 16.1. The van der Waals surface area contributed by atoms with E-state index in [1.165, 1.54) is 28.8 Å². The van der Waals surface area contributed by atoms with Gasteiger partial charge >= 0.3 is 0 Å². The van der Waals surface area contributed by atoms with E-state index in [-0.39, 0.29) is 11.3 Å². The molecule has 0 amide bonds. The number of fused-ring (bicyclic) bond motifs is 4. The van der Waals surface area contributed by atoms with Crippen molar-refractivity contribution in [1.29, 1.82) is 0 Å². The maximum absolute atomic E-state index is 12.6. The first-order chi connectivity index (χ1) is 14.8. The molecule has 0 saturated heterocycles. The Bertz CT molecular complexity index is 983. The summed E-state index contributed by atoms with van der Waals surface area (Å²) in [5.41, 5.74) is 7.09. The summed E-state index contributed by atoms with van der Waals surface area (Å²) in [6, 6.07) is 9.06. The zero-order valence-corrected chi connectivity index (χ0v) is 19.4. The van der Waals surface area contributed by atoms with Gasteiger partial charge in [0.2, 0.25) is 0 Å². The van der Waals surface area contributed by atoms with Gasteiger partial charge in [0, 0.05) is 38.0 Å². The zero-order chi connectivity index (χ0) is 21.9. The lowest BCUT2D eigenvalue weighted by Crippen LogP contribution is -2.44. The number of Topliss-reactive ketones (excluding diaryl/α,β-unsaturated/α-hetero) is 1. The molecule has 4 aliphatic carbocycles. The van der Waals surface area contributed by atoms with E-state index in [0.29, 0.717) is 35.7 Å². The summed E-state index contributed by atoms with van der Waals surface area (Å²) >= 11 is 0. The van der Waals surface area contributed by atoms with Crippen molar-refractivity contribution in [3.8, 4) is 0 Å². The molecule has 31 heavy (non-hydrogen) atoms. The summed E-state index contributed by atoms with van der Waals surface area (Å²) < 4.78 is 0. The normalized spacial score (nSPS) is 34.6. The van der Waals surface area contributed by atoms with Crippen LogP contribution in [0.3, 0.4) is 0 Å². The minimum Gasteiger partial charge on any atom is -0.378 e. The minimum atomic E-state index is 0.0805. The Morgan fingerprint density at radius 3 is 2.45 bits per heavy atom. The Morgan fingerprint density at radius 2 is 1.77 bits per heavy atom. The molecule has 3 nitrogen and oxygen atoms in total. The lowest BCUT2D eigenvalue weighted by molar-refractivity contribution is -0.125. The molecule has 0 aromatic heterocycles. The molecular weight excluding hydrogens is 382 g/mol. The second-order valence-corrected chi connectivity index (χ2v) is 10.8. The standard InChI is InChI=1S/C28H35NO2/c1-17(30)25-13-14-26-23-11-7-19-15-21(31)10-12-22(19)27(23)24(16-28(25,26)2)18-5-8-20(9-6-18)29(3)4/h5-6,8-9,15,23-26H,7,10-14,16H2,1-4H3/t23-,24+,25+,26?,28?/m0/s1. The van der Waals surface area contributed by atoms with Gasteiger partial charge in [-0.2, -0.15) is 0 Å². The SMILES string of the molecule is CC(=O)[C@H]1CCC2[C@@H]3CCC4=CC(=O)CCC4=C3[C@@H](c3ccc(N(C)C)cc3)CC21C. The van der Waals surface area contributed by atoms with Crippen LogP contribution in [0.4, 0.5) is 5.69 Å². The highest BCUT2D eigenvalue weighted by molar-refractivity contribution is 5.93. The molecule has 0 heterocycles. The maximum Gasteiger partial charge on any atom is 0.156 e. The average Bonchev–Trinajstić information content (AvgIpc) is 3.10. The molecule has 0 radical (unpaired) electrons. The number of nitrogens with zero attached hydrogens (tertiary/aromatic N) is 1. The van der Waals surface area contributed by atoms with E-state index in [1.807, 2.05) is 13.0 Å². The minimum absolute atomic E-state index is 0.0805. The van der Waals surface area contributed by atoms with Crippen molar-refractivity contribution in [2.45, 2.75) is 64.7 Å². The molecule has 5 atom stereocenters. The van der Waals surface area contributed by atoms with Crippen LogP contribution >= 0.6 is 0 Å². The summed E-state index contributed by atoms with van der Waals surface area (Å²) in [7, 11) is 4.16. The number of allylic oxidation sites excluding steroid dienone is 4. The highest BCUT2D eigenvalue weighted by Crippen LogP contribution is 2.65. The lowest BCUT2D eigenvalue weighted by atomic mass is 9.51. The first-order valence-electron chi connectivity index (χ1n) is 12.0. The average molecular weight is 418 g/mol. The molecule has 0 N–H and O–H groups in total. The Labute approximate surface area is 186 Å². The molecule has 1 aromatic carbocycles. The predicted octanol–water partition coefficient (Wildman–Crippen LogP) is 5.86. The number of carbonyl (C=O) groups is 2. The van der Waals surface area contributed by atoms with E-state index in [0.717, 1.165) is 32.1 Å². The number of benzene rings is 1. The van der Waals surface area contributed by atoms with Crippen molar-refractivity contribution in [2.75, 3.05) is 19.0 Å². The summed E-state index contributed by atoms with van der Waals surface area (Å²) in [5, 5.41) is 0. The smallest absolute Gasteiger partial charge is 0.156 e. The summed E-state index contributed by atoms with van der Waals surface area (Å²) in [6.45, 7) is 4.22. The fraction of sp³-hybridized carbons (Fsp3) is 0.571. The number of ketones is 2. The lowest BCUT2D eigenvalue weighted by Gasteiger charge is -2.52. The fourth-order valence-corrected chi connectivity index (χ4v) is 7.63. The molecule has 0 aliphatic heterocycles. The molecule has 2 fully saturated rings. The number of carbonyl (C=O) groups excluding carboxylic acids is 2. The first kappa shape index (κ1) is 20.7. The van der Waals surface area contributed by atoms with Crippen molar-refractivity contribution in [3.05, 3.63) is 52.6 Å². The van der Waals surface area contributed by atoms with E-state index in [4.69, 9.17) is 0 Å². The van der Waals surface area contributed by atoms with Crippen molar-refractivity contribution in [1.82, 2.24) is 0 Å². The van der Waals surface area contributed by atoms with Crippen LogP contribution in [0, 0.1) is 23.2 Å². The third-order valence-electron chi connectivity index (χ3n) is 9.03. The largest absolute Gasteiger partial charge is 0.378 e. The Hall–Kier alpha value is -2.16. The van der Waals surface area contributed by atoms with Gasteiger partial charge in [-0.3, -0.25) is 9.59 Å². The molecule has 0 bridgehead atoms. The van der Waals surface area contributed by atoms with E-state index >= 15 is 0 Å².